The maximum Gasteiger partial charge on any atom is 0.242 e. The summed E-state index contributed by atoms with van der Waals surface area (Å²) < 4.78 is 0. The Balaban J connectivity index is 2.06. The molecule has 2 rings (SSSR count). The SMILES string of the molecule is CCC1CCCCN1C(=O)C1(C)CCCCN1. The number of hydrogen-bond acceptors (Lipinski definition) is 2. The molecule has 0 bridgehead atoms. The van der Waals surface area contributed by atoms with Gasteiger partial charge in [0, 0.05) is 12.6 Å². The van der Waals surface area contributed by atoms with Gasteiger partial charge in [0.1, 0.15) is 0 Å². The van der Waals surface area contributed by atoms with Crippen molar-refractivity contribution in [1.29, 1.82) is 0 Å². The van der Waals surface area contributed by atoms with Crippen LogP contribution in [0, 0.1) is 0 Å². The lowest BCUT2D eigenvalue weighted by Crippen LogP contribution is -2.60. The molecule has 17 heavy (non-hydrogen) atoms. The largest absolute Gasteiger partial charge is 0.338 e. The second-order valence-corrected chi connectivity index (χ2v) is 5.77. The van der Waals surface area contributed by atoms with Crippen molar-refractivity contribution >= 4 is 5.91 Å². The van der Waals surface area contributed by atoms with E-state index in [-0.39, 0.29) is 5.54 Å². The van der Waals surface area contributed by atoms with Crippen LogP contribution < -0.4 is 5.32 Å². The molecule has 2 aliphatic heterocycles. The van der Waals surface area contributed by atoms with Gasteiger partial charge in [-0.2, -0.15) is 0 Å². The number of nitrogens with one attached hydrogen (secondary N) is 1. The Morgan fingerprint density at radius 3 is 2.82 bits per heavy atom. The van der Waals surface area contributed by atoms with Crippen LogP contribution in [0.1, 0.15) is 58.8 Å². The van der Waals surface area contributed by atoms with Crippen LogP contribution >= 0.6 is 0 Å². The zero-order chi connectivity index (χ0) is 12.3. The van der Waals surface area contributed by atoms with Gasteiger partial charge in [-0.15, -0.1) is 0 Å². The number of carbonyl (C=O) groups is 1. The normalized spacial score (nSPS) is 34.7. The average Bonchev–Trinajstić information content (AvgIpc) is 2.38. The van der Waals surface area contributed by atoms with E-state index in [1.165, 1.54) is 32.1 Å². The van der Waals surface area contributed by atoms with Crippen molar-refractivity contribution in [1.82, 2.24) is 10.2 Å². The molecule has 0 aromatic carbocycles. The zero-order valence-corrected chi connectivity index (χ0v) is 11.3. The highest BCUT2D eigenvalue weighted by Gasteiger charge is 2.39. The minimum Gasteiger partial charge on any atom is -0.338 e. The highest BCUT2D eigenvalue weighted by atomic mass is 16.2. The second kappa shape index (κ2) is 5.38. The third-order valence-electron chi connectivity index (χ3n) is 4.45. The summed E-state index contributed by atoms with van der Waals surface area (Å²) in [6, 6.07) is 0.483. The molecule has 0 saturated carbocycles. The third kappa shape index (κ3) is 2.65. The number of carbonyl (C=O) groups excluding carboxylic acids is 1. The highest BCUT2D eigenvalue weighted by Crippen LogP contribution is 2.27. The van der Waals surface area contributed by atoms with Crippen LogP contribution in [0.3, 0.4) is 0 Å². The first-order valence-electron chi connectivity index (χ1n) is 7.23. The van der Waals surface area contributed by atoms with Gasteiger partial charge < -0.3 is 10.2 Å². The van der Waals surface area contributed by atoms with E-state index in [0.29, 0.717) is 11.9 Å². The summed E-state index contributed by atoms with van der Waals surface area (Å²) in [4.78, 5) is 14.9. The van der Waals surface area contributed by atoms with Crippen LogP contribution in [0.2, 0.25) is 0 Å². The molecule has 2 heterocycles. The van der Waals surface area contributed by atoms with Gasteiger partial charge in [-0.25, -0.2) is 0 Å². The number of hydrogen-bond donors (Lipinski definition) is 1. The van der Waals surface area contributed by atoms with Gasteiger partial charge in [0.15, 0.2) is 0 Å². The van der Waals surface area contributed by atoms with Crippen LogP contribution in [-0.2, 0) is 4.79 Å². The van der Waals surface area contributed by atoms with Crippen LogP contribution in [-0.4, -0.2) is 35.5 Å². The molecule has 0 spiro atoms. The van der Waals surface area contributed by atoms with Crippen LogP contribution in [0.25, 0.3) is 0 Å². The fourth-order valence-electron chi connectivity index (χ4n) is 3.25. The monoisotopic (exact) mass is 238 g/mol. The lowest BCUT2D eigenvalue weighted by molar-refractivity contribution is -0.142. The molecular weight excluding hydrogens is 212 g/mol. The molecule has 1 N–H and O–H groups in total. The summed E-state index contributed by atoms with van der Waals surface area (Å²) in [5.41, 5.74) is -0.289. The fraction of sp³-hybridized carbons (Fsp3) is 0.929. The van der Waals surface area contributed by atoms with Gasteiger partial charge in [-0.3, -0.25) is 4.79 Å². The van der Waals surface area contributed by atoms with Gasteiger partial charge in [0.2, 0.25) is 5.91 Å². The number of piperidine rings is 2. The Hall–Kier alpha value is -0.570. The molecule has 0 aliphatic carbocycles. The van der Waals surface area contributed by atoms with Gasteiger partial charge in [0.05, 0.1) is 5.54 Å². The molecule has 2 unspecified atom stereocenters. The second-order valence-electron chi connectivity index (χ2n) is 5.77. The lowest BCUT2D eigenvalue weighted by Gasteiger charge is -2.43. The number of likely N-dealkylation sites (tertiary alicyclic amines) is 1. The Kier molecular flexibility index (Phi) is 4.08. The summed E-state index contributed by atoms with van der Waals surface area (Å²) in [6.07, 6.45) is 8.14. The first kappa shape index (κ1) is 12.9. The summed E-state index contributed by atoms with van der Waals surface area (Å²) >= 11 is 0. The van der Waals surface area contributed by atoms with E-state index in [9.17, 15) is 4.79 Å². The van der Waals surface area contributed by atoms with E-state index in [1.54, 1.807) is 0 Å². The molecule has 0 aromatic heterocycles. The standard InChI is InChI=1S/C14H26N2O/c1-3-12-8-4-7-11-16(12)13(17)14(2)9-5-6-10-15-14/h12,15H,3-11H2,1-2H3. The Labute approximate surface area is 105 Å². The minimum atomic E-state index is -0.289. The van der Waals surface area contributed by atoms with Crippen molar-refractivity contribution in [2.24, 2.45) is 0 Å². The Morgan fingerprint density at radius 2 is 2.18 bits per heavy atom. The van der Waals surface area contributed by atoms with Crippen molar-refractivity contribution in [3.63, 3.8) is 0 Å². The molecule has 2 atom stereocenters. The quantitative estimate of drug-likeness (QED) is 0.800. The fourth-order valence-corrected chi connectivity index (χ4v) is 3.25. The molecule has 98 valence electrons. The molecule has 2 fully saturated rings. The van der Waals surface area contributed by atoms with E-state index in [0.717, 1.165) is 25.9 Å². The summed E-state index contributed by atoms with van der Waals surface area (Å²) in [5, 5.41) is 3.45. The van der Waals surface area contributed by atoms with Crippen LogP contribution in [0.5, 0.6) is 0 Å². The zero-order valence-electron chi connectivity index (χ0n) is 11.3. The molecule has 2 aliphatic rings. The first-order chi connectivity index (χ1) is 8.17. The van der Waals surface area contributed by atoms with Gasteiger partial charge >= 0.3 is 0 Å². The summed E-state index contributed by atoms with van der Waals surface area (Å²) in [6.45, 7) is 6.25. The predicted molar refractivity (Wildman–Crippen MR) is 69.9 cm³/mol. The molecule has 3 nitrogen and oxygen atoms in total. The predicted octanol–water partition coefficient (Wildman–Crippen LogP) is 2.31. The molecule has 0 radical (unpaired) electrons. The average molecular weight is 238 g/mol. The van der Waals surface area contributed by atoms with Crippen LogP contribution in [0.4, 0.5) is 0 Å². The molecule has 3 heteroatoms. The topological polar surface area (TPSA) is 32.3 Å². The van der Waals surface area contributed by atoms with Gasteiger partial charge in [0.25, 0.3) is 0 Å². The Bertz CT molecular complexity index is 271. The van der Waals surface area contributed by atoms with Gasteiger partial charge in [-0.05, 0) is 58.4 Å². The molecule has 2 saturated heterocycles. The van der Waals surface area contributed by atoms with E-state index in [2.05, 4.69) is 24.1 Å². The third-order valence-corrected chi connectivity index (χ3v) is 4.45. The smallest absolute Gasteiger partial charge is 0.242 e. The van der Waals surface area contributed by atoms with Crippen LogP contribution in [0.15, 0.2) is 0 Å². The lowest BCUT2D eigenvalue weighted by atomic mass is 9.87. The minimum absolute atomic E-state index is 0.289. The number of rotatable bonds is 2. The summed E-state index contributed by atoms with van der Waals surface area (Å²) in [5.74, 6) is 0.351. The van der Waals surface area contributed by atoms with E-state index < -0.39 is 0 Å². The number of amides is 1. The van der Waals surface area contributed by atoms with E-state index in [1.807, 2.05) is 0 Å². The van der Waals surface area contributed by atoms with Crippen molar-refractivity contribution in [3.8, 4) is 0 Å². The van der Waals surface area contributed by atoms with E-state index >= 15 is 0 Å². The number of nitrogens with zero attached hydrogens (tertiary/aromatic N) is 1. The molecular formula is C14H26N2O. The summed E-state index contributed by atoms with van der Waals surface area (Å²) in [7, 11) is 0. The van der Waals surface area contributed by atoms with Crippen molar-refractivity contribution < 1.29 is 4.79 Å². The van der Waals surface area contributed by atoms with Crippen molar-refractivity contribution in [2.75, 3.05) is 13.1 Å². The Morgan fingerprint density at radius 1 is 1.35 bits per heavy atom. The highest BCUT2D eigenvalue weighted by molar-refractivity contribution is 5.86. The first-order valence-corrected chi connectivity index (χ1v) is 7.23. The van der Waals surface area contributed by atoms with Gasteiger partial charge in [-0.1, -0.05) is 6.92 Å². The maximum atomic E-state index is 12.7. The van der Waals surface area contributed by atoms with Crippen molar-refractivity contribution in [3.05, 3.63) is 0 Å². The van der Waals surface area contributed by atoms with E-state index in [4.69, 9.17) is 0 Å². The maximum absolute atomic E-state index is 12.7. The van der Waals surface area contributed by atoms with Crippen molar-refractivity contribution in [2.45, 2.75) is 70.4 Å². The molecule has 1 amide bonds. The molecule has 0 aromatic rings.